The fraction of sp³-hybridized carbons (Fsp3) is 0.600. The van der Waals surface area contributed by atoms with Gasteiger partial charge in [-0.15, -0.1) is 11.8 Å². The standard InChI is InChI=1S/C20H28N4O3S/c1-14(2)8-10-22-18(25)17-16(9-13-28-17)24-19(22)21-23(20(24)26)11-12-27-15-6-4-3-5-7-15/h3-7,14,16-17,19,21H,8-13H2,1-2H3. The Morgan fingerprint density at radius 2 is 2.00 bits per heavy atom. The molecule has 3 aliphatic rings. The lowest BCUT2D eigenvalue weighted by Crippen LogP contribution is -2.66. The largest absolute Gasteiger partial charge is 0.492 e. The maximum Gasteiger partial charge on any atom is 0.337 e. The Balaban J connectivity index is 1.45. The minimum atomic E-state index is -0.379. The Morgan fingerprint density at radius 3 is 2.75 bits per heavy atom. The van der Waals surface area contributed by atoms with Gasteiger partial charge >= 0.3 is 6.03 Å². The van der Waals surface area contributed by atoms with E-state index in [0.29, 0.717) is 25.6 Å². The van der Waals surface area contributed by atoms with Gasteiger partial charge in [-0.25, -0.2) is 4.79 Å². The average molecular weight is 405 g/mol. The van der Waals surface area contributed by atoms with Crippen molar-refractivity contribution in [3.63, 3.8) is 0 Å². The van der Waals surface area contributed by atoms with Crippen molar-refractivity contribution in [1.29, 1.82) is 0 Å². The van der Waals surface area contributed by atoms with E-state index in [0.717, 1.165) is 24.3 Å². The van der Waals surface area contributed by atoms with Crippen LogP contribution in [0.1, 0.15) is 26.7 Å². The summed E-state index contributed by atoms with van der Waals surface area (Å²) in [4.78, 5) is 29.9. The second-order valence-electron chi connectivity index (χ2n) is 7.87. The molecule has 0 aliphatic carbocycles. The van der Waals surface area contributed by atoms with Crippen LogP contribution in [0.2, 0.25) is 0 Å². The van der Waals surface area contributed by atoms with Crippen LogP contribution in [0.5, 0.6) is 5.75 Å². The number of hydrazine groups is 1. The predicted molar refractivity (Wildman–Crippen MR) is 109 cm³/mol. The summed E-state index contributed by atoms with van der Waals surface area (Å²) in [5, 5.41) is 1.48. The maximum atomic E-state index is 13.1. The fourth-order valence-corrected chi connectivity index (χ4v) is 5.39. The third kappa shape index (κ3) is 3.67. The van der Waals surface area contributed by atoms with Crippen LogP contribution in [0.4, 0.5) is 4.79 Å². The Bertz CT molecular complexity index is 717. The van der Waals surface area contributed by atoms with Gasteiger partial charge in [0.05, 0.1) is 12.6 Å². The number of thioether (sulfide) groups is 1. The van der Waals surface area contributed by atoms with Crippen molar-refractivity contribution >= 4 is 23.7 Å². The fourth-order valence-electron chi connectivity index (χ4n) is 3.99. The molecule has 0 saturated carbocycles. The molecule has 28 heavy (non-hydrogen) atoms. The second kappa shape index (κ2) is 8.21. The summed E-state index contributed by atoms with van der Waals surface area (Å²) in [5.41, 5.74) is 3.27. The second-order valence-corrected chi connectivity index (χ2v) is 9.12. The first kappa shape index (κ1) is 19.4. The minimum absolute atomic E-state index is 0.0159. The average Bonchev–Trinajstić information content (AvgIpc) is 3.28. The van der Waals surface area contributed by atoms with Crippen LogP contribution in [0, 0.1) is 5.92 Å². The van der Waals surface area contributed by atoms with Crippen molar-refractivity contribution in [3.8, 4) is 5.75 Å². The zero-order chi connectivity index (χ0) is 19.7. The number of urea groups is 1. The van der Waals surface area contributed by atoms with Crippen LogP contribution in [0.3, 0.4) is 0 Å². The molecule has 0 spiro atoms. The third-order valence-corrected chi connectivity index (χ3v) is 6.85. The van der Waals surface area contributed by atoms with Crippen molar-refractivity contribution in [3.05, 3.63) is 30.3 Å². The summed E-state index contributed by atoms with van der Waals surface area (Å²) in [7, 11) is 0. The SMILES string of the molecule is CC(C)CCN1C(=O)C2SCCC2N2C(=O)N(CCOc3ccccc3)NC12. The molecular formula is C20H28N4O3S. The molecule has 152 valence electrons. The number of nitrogens with one attached hydrogen (secondary N) is 1. The van der Waals surface area contributed by atoms with Crippen LogP contribution in [-0.4, -0.2) is 69.8 Å². The van der Waals surface area contributed by atoms with Gasteiger partial charge in [-0.1, -0.05) is 32.0 Å². The highest BCUT2D eigenvalue weighted by molar-refractivity contribution is 8.00. The molecule has 1 aromatic carbocycles. The first-order chi connectivity index (χ1) is 13.6. The quantitative estimate of drug-likeness (QED) is 0.756. The molecule has 3 saturated heterocycles. The summed E-state index contributed by atoms with van der Waals surface area (Å²) in [5.74, 6) is 2.37. The highest BCUT2D eigenvalue weighted by Gasteiger charge is 2.55. The van der Waals surface area contributed by atoms with E-state index in [9.17, 15) is 9.59 Å². The lowest BCUT2D eigenvalue weighted by atomic mass is 10.0. The molecule has 3 amide bonds. The van der Waals surface area contributed by atoms with E-state index in [1.165, 1.54) is 0 Å². The van der Waals surface area contributed by atoms with Crippen LogP contribution >= 0.6 is 11.8 Å². The molecule has 3 atom stereocenters. The molecule has 1 aromatic rings. The molecule has 7 nitrogen and oxygen atoms in total. The number of hydrogen-bond acceptors (Lipinski definition) is 5. The van der Waals surface area contributed by atoms with Crippen molar-refractivity contribution < 1.29 is 14.3 Å². The smallest absolute Gasteiger partial charge is 0.337 e. The molecule has 0 radical (unpaired) electrons. The molecule has 3 heterocycles. The summed E-state index contributed by atoms with van der Waals surface area (Å²) in [6.45, 7) is 5.79. The Morgan fingerprint density at radius 1 is 1.21 bits per heavy atom. The van der Waals surface area contributed by atoms with Crippen molar-refractivity contribution in [2.75, 3.05) is 25.4 Å². The van der Waals surface area contributed by atoms with Gasteiger partial charge in [0, 0.05) is 6.54 Å². The maximum absolute atomic E-state index is 13.1. The van der Waals surface area contributed by atoms with Crippen LogP contribution in [0.25, 0.3) is 0 Å². The van der Waals surface area contributed by atoms with Crippen LogP contribution in [0.15, 0.2) is 30.3 Å². The van der Waals surface area contributed by atoms with Crippen molar-refractivity contribution in [1.82, 2.24) is 20.2 Å². The number of hydrogen-bond donors (Lipinski definition) is 1. The summed E-state index contributed by atoms with van der Waals surface area (Å²) in [6.07, 6.45) is 1.41. The number of benzene rings is 1. The third-order valence-electron chi connectivity index (χ3n) is 5.50. The highest BCUT2D eigenvalue weighted by atomic mass is 32.2. The van der Waals surface area contributed by atoms with Gasteiger partial charge in [-0.05, 0) is 36.6 Å². The van der Waals surface area contributed by atoms with E-state index in [1.54, 1.807) is 16.8 Å². The molecule has 3 fully saturated rings. The number of para-hydroxylation sites is 1. The van der Waals surface area contributed by atoms with Gasteiger partial charge in [-0.2, -0.15) is 5.43 Å². The number of amides is 3. The first-order valence-corrected chi connectivity index (χ1v) is 11.1. The topological polar surface area (TPSA) is 65.1 Å². The number of carbonyl (C=O) groups excluding carboxylic acids is 2. The monoisotopic (exact) mass is 404 g/mol. The molecule has 0 aromatic heterocycles. The molecule has 0 bridgehead atoms. The highest BCUT2D eigenvalue weighted by Crippen LogP contribution is 2.39. The van der Waals surface area contributed by atoms with Gasteiger partial charge < -0.3 is 9.64 Å². The molecule has 3 unspecified atom stereocenters. The lowest BCUT2D eigenvalue weighted by molar-refractivity contribution is -0.144. The van der Waals surface area contributed by atoms with E-state index in [2.05, 4.69) is 19.3 Å². The zero-order valence-electron chi connectivity index (χ0n) is 16.4. The van der Waals surface area contributed by atoms with Crippen LogP contribution < -0.4 is 10.2 Å². The molecule has 1 N–H and O–H groups in total. The number of carbonyl (C=O) groups is 2. The van der Waals surface area contributed by atoms with Crippen LogP contribution in [-0.2, 0) is 4.79 Å². The lowest BCUT2D eigenvalue weighted by Gasteiger charge is -2.44. The Labute approximate surface area is 170 Å². The number of ether oxygens (including phenoxy) is 1. The zero-order valence-corrected chi connectivity index (χ0v) is 17.2. The van der Waals surface area contributed by atoms with E-state index in [1.807, 2.05) is 40.1 Å². The van der Waals surface area contributed by atoms with Gasteiger partial charge in [0.1, 0.15) is 17.6 Å². The van der Waals surface area contributed by atoms with Crippen molar-refractivity contribution in [2.45, 2.75) is 44.3 Å². The summed E-state index contributed by atoms with van der Waals surface area (Å²) in [6, 6.07) is 9.51. The number of nitrogens with zero attached hydrogens (tertiary/aromatic N) is 3. The van der Waals surface area contributed by atoms with Crippen molar-refractivity contribution in [2.24, 2.45) is 5.92 Å². The van der Waals surface area contributed by atoms with Gasteiger partial charge in [0.25, 0.3) is 0 Å². The van der Waals surface area contributed by atoms with Gasteiger partial charge in [0.2, 0.25) is 5.91 Å². The van der Waals surface area contributed by atoms with E-state index in [-0.39, 0.29) is 29.5 Å². The normalized spacial score (nSPS) is 26.8. The Kier molecular flexibility index (Phi) is 5.68. The predicted octanol–water partition coefficient (Wildman–Crippen LogP) is 2.35. The summed E-state index contributed by atoms with van der Waals surface area (Å²) >= 11 is 1.68. The molecule has 3 aliphatic heterocycles. The van der Waals surface area contributed by atoms with E-state index in [4.69, 9.17) is 4.74 Å². The molecule has 4 rings (SSSR count). The number of fused-ring (bicyclic) bond motifs is 3. The van der Waals surface area contributed by atoms with Gasteiger partial charge in [-0.3, -0.25) is 14.7 Å². The number of rotatable bonds is 7. The first-order valence-electron chi connectivity index (χ1n) is 10.0. The van der Waals surface area contributed by atoms with E-state index < -0.39 is 0 Å². The van der Waals surface area contributed by atoms with Gasteiger partial charge in [0.15, 0.2) is 6.29 Å². The van der Waals surface area contributed by atoms with E-state index >= 15 is 0 Å². The minimum Gasteiger partial charge on any atom is -0.492 e. The molecular weight excluding hydrogens is 376 g/mol. The summed E-state index contributed by atoms with van der Waals surface area (Å²) < 4.78 is 5.75. The Hall–Kier alpha value is -1.93. The molecule has 8 heteroatoms.